The normalized spacial score (nSPS) is 10.1. The third-order valence-electron chi connectivity index (χ3n) is 2.96. The van der Waals surface area contributed by atoms with Gasteiger partial charge in [0.25, 0.3) is 0 Å². The predicted octanol–water partition coefficient (Wildman–Crippen LogP) is 5.04. The summed E-state index contributed by atoms with van der Waals surface area (Å²) >= 11 is 3.53. The van der Waals surface area contributed by atoms with Crippen molar-refractivity contribution in [3.63, 3.8) is 0 Å². The minimum absolute atomic E-state index is 0.554. The lowest BCUT2D eigenvalue weighted by Crippen LogP contribution is -1.93. The van der Waals surface area contributed by atoms with Crippen LogP contribution in [0.25, 0.3) is 0 Å². The Morgan fingerprint density at radius 1 is 1.05 bits per heavy atom. The molecule has 0 aromatic heterocycles. The molecule has 0 heterocycles. The van der Waals surface area contributed by atoms with Crippen LogP contribution in [0.5, 0.6) is 11.5 Å². The summed E-state index contributed by atoms with van der Waals surface area (Å²) in [5.74, 6) is 1.38. The molecule has 0 amide bonds. The summed E-state index contributed by atoms with van der Waals surface area (Å²) in [6.45, 7) is 5.98. The molecular weight excluding hydrogens is 302 g/mol. The van der Waals surface area contributed by atoms with Crippen LogP contribution in [-0.4, -0.2) is 0 Å². The van der Waals surface area contributed by atoms with E-state index in [0.717, 1.165) is 26.9 Å². The number of para-hydroxylation sites is 1. The Kier molecular flexibility index (Phi) is 3.92. The Morgan fingerprint density at radius 3 is 2.26 bits per heavy atom. The fourth-order valence-corrected chi connectivity index (χ4v) is 2.19. The lowest BCUT2D eigenvalue weighted by atomic mass is 10.1. The molecule has 0 spiro atoms. The van der Waals surface area contributed by atoms with Crippen molar-refractivity contribution in [1.82, 2.24) is 0 Å². The molecule has 0 saturated carbocycles. The zero-order valence-corrected chi connectivity index (χ0v) is 12.7. The van der Waals surface area contributed by atoms with Crippen molar-refractivity contribution < 1.29 is 4.74 Å². The Bertz CT molecular complexity index is 648. The van der Waals surface area contributed by atoms with Gasteiger partial charge in [-0.25, -0.2) is 0 Å². The molecule has 19 heavy (non-hydrogen) atoms. The van der Waals surface area contributed by atoms with Gasteiger partial charge in [0.1, 0.15) is 17.6 Å². The van der Waals surface area contributed by atoms with E-state index in [0.29, 0.717) is 11.3 Å². The predicted molar refractivity (Wildman–Crippen MR) is 79.6 cm³/mol. The quantitative estimate of drug-likeness (QED) is 0.778. The molecule has 2 aromatic carbocycles. The Morgan fingerprint density at radius 2 is 1.68 bits per heavy atom. The minimum Gasteiger partial charge on any atom is -0.456 e. The van der Waals surface area contributed by atoms with Crippen LogP contribution >= 0.6 is 15.9 Å². The van der Waals surface area contributed by atoms with E-state index in [1.807, 2.05) is 45.0 Å². The van der Waals surface area contributed by atoms with E-state index in [4.69, 9.17) is 10.00 Å². The highest BCUT2D eigenvalue weighted by atomic mass is 79.9. The van der Waals surface area contributed by atoms with E-state index in [-0.39, 0.29) is 0 Å². The molecule has 2 rings (SSSR count). The summed E-state index contributed by atoms with van der Waals surface area (Å²) in [7, 11) is 0. The number of nitrogens with zero attached hydrogens (tertiary/aromatic N) is 1. The molecule has 96 valence electrons. The van der Waals surface area contributed by atoms with E-state index in [1.54, 1.807) is 6.07 Å². The van der Waals surface area contributed by atoms with Crippen molar-refractivity contribution in [3.8, 4) is 17.6 Å². The molecule has 0 fully saturated rings. The minimum atomic E-state index is 0.554. The maximum atomic E-state index is 9.14. The zero-order chi connectivity index (χ0) is 14.0. The lowest BCUT2D eigenvalue weighted by Gasteiger charge is -2.12. The number of benzene rings is 2. The number of aryl methyl sites for hydroxylation is 3. The smallest absolute Gasteiger partial charge is 0.148 e. The summed E-state index contributed by atoms with van der Waals surface area (Å²) in [6, 6.07) is 11.7. The van der Waals surface area contributed by atoms with Crippen LogP contribution in [0.2, 0.25) is 0 Å². The third-order valence-corrected chi connectivity index (χ3v) is 4.21. The number of hydrogen-bond donors (Lipinski definition) is 0. The molecule has 0 atom stereocenters. The average Bonchev–Trinajstić information content (AvgIpc) is 2.38. The first-order valence-electron chi connectivity index (χ1n) is 5.97. The number of rotatable bonds is 2. The van der Waals surface area contributed by atoms with Crippen LogP contribution in [0.4, 0.5) is 0 Å². The van der Waals surface area contributed by atoms with Gasteiger partial charge in [-0.2, -0.15) is 5.26 Å². The van der Waals surface area contributed by atoms with Gasteiger partial charge in [-0.15, -0.1) is 0 Å². The van der Waals surface area contributed by atoms with Crippen LogP contribution in [0.1, 0.15) is 22.3 Å². The molecule has 2 aromatic rings. The van der Waals surface area contributed by atoms with Gasteiger partial charge in [-0.05, 0) is 55.7 Å². The van der Waals surface area contributed by atoms with Gasteiger partial charge in [0.15, 0.2) is 0 Å². The number of nitriles is 1. The molecule has 0 saturated heterocycles. The summed E-state index contributed by atoms with van der Waals surface area (Å²) < 4.78 is 6.99. The SMILES string of the molecule is Cc1cc(Oc2c(C)cccc2C#N)cc(C)c1Br. The second-order valence-corrected chi connectivity index (χ2v) is 5.33. The molecule has 2 nitrogen and oxygen atoms in total. The van der Waals surface area contributed by atoms with Crippen LogP contribution < -0.4 is 4.74 Å². The molecule has 3 heteroatoms. The second-order valence-electron chi connectivity index (χ2n) is 4.54. The highest BCUT2D eigenvalue weighted by molar-refractivity contribution is 9.10. The fraction of sp³-hybridized carbons (Fsp3) is 0.188. The Labute approximate surface area is 121 Å². The maximum Gasteiger partial charge on any atom is 0.148 e. The lowest BCUT2D eigenvalue weighted by molar-refractivity contribution is 0.476. The fourth-order valence-electron chi connectivity index (χ4n) is 1.96. The van der Waals surface area contributed by atoms with Crippen molar-refractivity contribution in [1.29, 1.82) is 5.26 Å². The monoisotopic (exact) mass is 315 g/mol. The summed E-state index contributed by atoms with van der Waals surface area (Å²) in [4.78, 5) is 0. The molecular formula is C16H14BrNO. The van der Waals surface area contributed by atoms with Crippen molar-refractivity contribution in [2.24, 2.45) is 0 Å². The molecule has 0 bridgehead atoms. The van der Waals surface area contributed by atoms with Crippen LogP contribution in [0, 0.1) is 32.1 Å². The van der Waals surface area contributed by atoms with Crippen LogP contribution in [0.3, 0.4) is 0 Å². The second kappa shape index (κ2) is 5.46. The first-order chi connectivity index (χ1) is 9.02. The van der Waals surface area contributed by atoms with Gasteiger partial charge >= 0.3 is 0 Å². The van der Waals surface area contributed by atoms with E-state index in [2.05, 4.69) is 22.0 Å². The number of hydrogen-bond acceptors (Lipinski definition) is 2. The van der Waals surface area contributed by atoms with E-state index >= 15 is 0 Å². The van der Waals surface area contributed by atoms with Crippen LogP contribution in [-0.2, 0) is 0 Å². The maximum absolute atomic E-state index is 9.14. The van der Waals surface area contributed by atoms with Crippen molar-refractivity contribution >= 4 is 15.9 Å². The summed E-state index contributed by atoms with van der Waals surface area (Å²) in [6.07, 6.45) is 0. The van der Waals surface area contributed by atoms with Gasteiger partial charge < -0.3 is 4.74 Å². The summed E-state index contributed by atoms with van der Waals surface area (Å²) in [5.41, 5.74) is 3.74. The number of halogens is 1. The van der Waals surface area contributed by atoms with Gasteiger partial charge in [-0.3, -0.25) is 0 Å². The van der Waals surface area contributed by atoms with Crippen molar-refractivity contribution in [2.75, 3.05) is 0 Å². The van der Waals surface area contributed by atoms with Crippen LogP contribution in [0.15, 0.2) is 34.8 Å². The molecule has 0 N–H and O–H groups in total. The van der Waals surface area contributed by atoms with Gasteiger partial charge in [0, 0.05) is 4.47 Å². The van der Waals surface area contributed by atoms with Gasteiger partial charge in [-0.1, -0.05) is 28.1 Å². The number of ether oxygens (including phenoxy) is 1. The molecule has 0 radical (unpaired) electrons. The Balaban J connectivity index is 2.45. The molecule has 0 aliphatic heterocycles. The molecule has 0 aliphatic carbocycles. The van der Waals surface area contributed by atoms with Crippen molar-refractivity contribution in [2.45, 2.75) is 20.8 Å². The van der Waals surface area contributed by atoms with Gasteiger partial charge in [0.2, 0.25) is 0 Å². The molecule has 0 aliphatic rings. The van der Waals surface area contributed by atoms with E-state index in [1.165, 1.54) is 0 Å². The van der Waals surface area contributed by atoms with Crippen molar-refractivity contribution in [3.05, 3.63) is 57.1 Å². The molecule has 0 unspecified atom stereocenters. The first-order valence-corrected chi connectivity index (χ1v) is 6.76. The highest BCUT2D eigenvalue weighted by Crippen LogP contribution is 2.32. The topological polar surface area (TPSA) is 33.0 Å². The Hall–Kier alpha value is -1.79. The summed E-state index contributed by atoms with van der Waals surface area (Å²) in [5, 5.41) is 9.14. The zero-order valence-electron chi connectivity index (χ0n) is 11.1. The average molecular weight is 316 g/mol. The first kappa shape index (κ1) is 13.6. The van der Waals surface area contributed by atoms with Gasteiger partial charge in [0.05, 0.1) is 5.56 Å². The highest BCUT2D eigenvalue weighted by Gasteiger charge is 2.09. The standard InChI is InChI=1S/C16H14BrNO/c1-10-5-4-6-13(9-18)16(10)19-14-7-11(2)15(17)12(3)8-14/h4-8H,1-3H3. The van der Waals surface area contributed by atoms with E-state index < -0.39 is 0 Å². The third kappa shape index (κ3) is 2.80. The van der Waals surface area contributed by atoms with E-state index in [9.17, 15) is 0 Å². The largest absolute Gasteiger partial charge is 0.456 e.